The minimum atomic E-state index is -0.490. The highest BCUT2D eigenvalue weighted by molar-refractivity contribution is 6.30. The van der Waals surface area contributed by atoms with Crippen molar-refractivity contribution in [3.05, 3.63) is 28.8 Å². The zero-order chi connectivity index (χ0) is 10.6. The van der Waals surface area contributed by atoms with Crippen LogP contribution < -0.4 is 10.5 Å². The fourth-order valence-electron chi connectivity index (χ4n) is 1.06. The van der Waals surface area contributed by atoms with Gasteiger partial charge in [-0.1, -0.05) is 11.6 Å². The molecule has 78 valence electrons. The van der Waals surface area contributed by atoms with Gasteiger partial charge in [-0.3, -0.25) is 0 Å². The van der Waals surface area contributed by atoms with Crippen LogP contribution in [0.4, 0.5) is 0 Å². The van der Waals surface area contributed by atoms with Gasteiger partial charge < -0.3 is 15.6 Å². The molecule has 0 bridgehead atoms. The molecule has 0 radical (unpaired) electrons. The molecule has 14 heavy (non-hydrogen) atoms. The first-order valence-corrected chi connectivity index (χ1v) is 4.80. The largest absolute Gasteiger partial charge is 0.491 e. The maximum absolute atomic E-state index is 9.05. The monoisotopic (exact) mass is 215 g/mol. The molecule has 0 aromatic heterocycles. The summed E-state index contributed by atoms with van der Waals surface area (Å²) >= 11 is 5.80. The second-order valence-electron chi connectivity index (χ2n) is 3.12. The molecule has 1 aromatic rings. The smallest absolute Gasteiger partial charge is 0.124 e. The van der Waals surface area contributed by atoms with Gasteiger partial charge in [0.05, 0.1) is 6.10 Å². The average molecular weight is 216 g/mol. The van der Waals surface area contributed by atoms with Crippen molar-refractivity contribution in [2.75, 3.05) is 6.61 Å². The molecule has 4 heteroatoms. The van der Waals surface area contributed by atoms with Gasteiger partial charge in [0.2, 0.25) is 0 Å². The van der Waals surface area contributed by atoms with E-state index >= 15 is 0 Å². The molecule has 0 saturated heterocycles. The Balaban J connectivity index is 2.75. The lowest BCUT2D eigenvalue weighted by atomic mass is 10.2. The SMILES string of the molecule is CC(O)COc1ccc(Cl)cc1CN. The molecule has 0 heterocycles. The van der Waals surface area contributed by atoms with Crippen molar-refractivity contribution in [3.63, 3.8) is 0 Å². The van der Waals surface area contributed by atoms with Gasteiger partial charge in [0.25, 0.3) is 0 Å². The molecule has 1 aromatic carbocycles. The summed E-state index contributed by atoms with van der Waals surface area (Å²) in [5, 5.41) is 9.68. The second kappa shape index (κ2) is 5.20. The Morgan fingerprint density at radius 3 is 2.86 bits per heavy atom. The highest BCUT2D eigenvalue weighted by Gasteiger charge is 2.04. The Bertz CT molecular complexity index is 302. The molecular formula is C10H14ClNO2. The van der Waals surface area contributed by atoms with Gasteiger partial charge in [-0.05, 0) is 25.1 Å². The van der Waals surface area contributed by atoms with Crippen LogP contribution in [0, 0.1) is 0 Å². The van der Waals surface area contributed by atoms with Gasteiger partial charge in [0.15, 0.2) is 0 Å². The third kappa shape index (κ3) is 3.18. The third-order valence-electron chi connectivity index (χ3n) is 1.72. The van der Waals surface area contributed by atoms with Gasteiger partial charge in [-0.2, -0.15) is 0 Å². The summed E-state index contributed by atoms with van der Waals surface area (Å²) < 4.78 is 5.36. The van der Waals surface area contributed by atoms with E-state index < -0.39 is 6.10 Å². The van der Waals surface area contributed by atoms with Gasteiger partial charge in [0.1, 0.15) is 12.4 Å². The van der Waals surface area contributed by atoms with Crippen LogP contribution in [0.25, 0.3) is 0 Å². The second-order valence-corrected chi connectivity index (χ2v) is 3.55. The van der Waals surface area contributed by atoms with E-state index in [1.54, 1.807) is 25.1 Å². The Morgan fingerprint density at radius 2 is 2.29 bits per heavy atom. The summed E-state index contributed by atoms with van der Waals surface area (Å²) in [7, 11) is 0. The number of aliphatic hydroxyl groups excluding tert-OH is 1. The number of halogens is 1. The maximum Gasteiger partial charge on any atom is 0.124 e. The highest BCUT2D eigenvalue weighted by atomic mass is 35.5. The van der Waals surface area contributed by atoms with Crippen molar-refractivity contribution < 1.29 is 9.84 Å². The first-order valence-electron chi connectivity index (χ1n) is 4.43. The first kappa shape index (κ1) is 11.3. The van der Waals surface area contributed by atoms with E-state index in [2.05, 4.69) is 0 Å². The first-order chi connectivity index (χ1) is 6.63. The van der Waals surface area contributed by atoms with Crippen molar-refractivity contribution in [1.82, 2.24) is 0 Å². The zero-order valence-electron chi connectivity index (χ0n) is 8.03. The summed E-state index contributed by atoms with van der Waals surface area (Å²) in [6.07, 6.45) is -0.490. The molecule has 0 aliphatic heterocycles. The van der Waals surface area contributed by atoms with Gasteiger partial charge >= 0.3 is 0 Å². The van der Waals surface area contributed by atoms with Crippen LogP contribution in [0.15, 0.2) is 18.2 Å². The predicted octanol–water partition coefficient (Wildman–Crippen LogP) is 1.56. The summed E-state index contributed by atoms with van der Waals surface area (Å²) in [4.78, 5) is 0. The number of hydrogen-bond acceptors (Lipinski definition) is 3. The lowest BCUT2D eigenvalue weighted by molar-refractivity contribution is 0.122. The van der Waals surface area contributed by atoms with E-state index in [1.165, 1.54) is 0 Å². The summed E-state index contributed by atoms with van der Waals surface area (Å²) in [6, 6.07) is 5.25. The van der Waals surface area contributed by atoms with Crippen molar-refractivity contribution in [2.45, 2.75) is 19.6 Å². The van der Waals surface area contributed by atoms with E-state index in [-0.39, 0.29) is 6.61 Å². The fourth-order valence-corrected chi connectivity index (χ4v) is 1.25. The maximum atomic E-state index is 9.05. The van der Waals surface area contributed by atoms with Gasteiger partial charge in [-0.25, -0.2) is 0 Å². The van der Waals surface area contributed by atoms with Crippen LogP contribution in [0.3, 0.4) is 0 Å². The summed E-state index contributed by atoms with van der Waals surface area (Å²) in [6.45, 7) is 2.29. The molecular weight excluding hydrogens is 202 g/mol. The van der Waals surface area contributed by atoms with E-state index in [1.807, 2.05) is 0 Å². The number of hydrogen-bond donors (Lipinski definition) is 2. The molecule has 3 N–H and O–H groups in total. The molecule has 0 saturated carbocycles. The molecule has 0 aliphatic carbocycles. The standard InChI is InChI=1S/C10H14ClNO2/c1-7(13)6-14-10-3-2-9(11)4-8(10)5-12/h2-4,7,13H,5-6,12H2,1H3. The van der Waals surface area contributed by atoms with Crippen molar-refractivity contribution in [3.8, 4) is 5.75 Å². The lowest BCUT2D eigenvalue weighted by Crippen LogP contribution is -2.14. The van der Waals surface area contributed by atoms with Crippen LogP contribution in [0.1, 0.15) is 12.5 Å². The van der Waals surface area contributed by atoms with Crippen LogP contribution in [-0.4, -0.2) is 17.8 Å². The molecule has 0 spiro atoms. The Hall–Kier alpha value is -0.770. The van der Waals surface area contributed by atoms with Crippen molar-refractivity contribution in [1.29, 1.82) is 0 Å². The Kier molecular flexibility index (Phi) is 4.20. The number of aliphatic hydroxyl groups is 1. The van der Waals surface area contributed by atoms with Crippen molar-refractivity contribution in [2.24, 2.45) is 5.73 Å². The van der Waals surface area contributed by atoms with Crippen molar-refractivity contribution >= 4 is 11.6 Å². The van der Waals surface area contributed by atoms with Crippen LogP contribution in [0.2, 0.25) is 5.02 Å². The Labute approximate surface area is 88.4 Å². The number of nitrogens with two attached hydrogens (primary N) is 1. The van der Waals surface area contributed by atoms with E-state index in [4.69, 9.17) is 27.2 Å². The minimum Gasteiger partial charge on any atom is -0.491 e. The van der Waals surface area contributed by atoms with E-state index in [0.717, 1.165) is 5.56 Å². The van der Waals surface area contributed by atoms with E-state index in [0.29, 0.717) is 17.3 Å². The number of benzene rings is 1. The number of rotatable bonds is 4. The van der Waals surface area contributed by atoms with Crippen LogP contribution in [0.5, 0.6) is 5.75 Å². The fraction of sp³-hybridized carbons (Fsp3) is 0.400. The molecule has 1 rings (SSSR count). The lowest BCUT2D eigenvalue weighted by Gasteiger charge is -2.11. The van der Waals surface area contributed by atoms with Gasteiger partial charge in [0, 0.05) is 17.1 Å². The molecule has 0 fully saturated rings. The third-order valence-corrected chi connectivity index (χ3v) is 1.96. The normalized spacial score (nSPS) is 12.6. The molecule has 3 nitrogen and oxygen atoms in total. The zero-order valence-corrected chi connectivity index (χ0v) is 8.79. The van der Waals surface area contributed by atoms with Crippen LogP contribution in [-0.2, 0) is 6.54 Å². The average Bonchev–Trinajstić information content (AvgIpc) is 2.15. The molecule has 1 atom stereocenters. The molecule has 0 aliphatic rings. The summed E-state index contributed by atoms with van der Waals surface area (Å²) in [5.74, 6) is 0.679. The molecule has 0 amide bonds. The highest BCUT2D eigenvalue weighted by Crippen LogP contribution is 2.22. The molecule has 1 unspecified atom stereocenters. The topological polar surface area (TPSA) is 55.5 Å². The number of ether oxygens (including phenoxy) is 1. The van der Waals surface area contributed by atoms with Crippen LogP contribution >= 0.6 is 11.6 Å². The minimum absolute atomic E-state index is 0.259. The van der Waals surface area contributed by atoms with E-state index in [9.17, 15) is 0 Å². The summed E-state index contributed by atoms with van der Waals surface area (Å²) in [5.41, 5.74) is 6.37. The Morgan fingerprint density at radius 1 is 1.57 bits per heavy atom. The predicted molar refractivity (Wildman–Crippen MR) is 56.5 cm³/mol. The quantitative estimate of drug-likeness (QED) is 0.802. The van der Waals surface area contributed by atoms with Gasteiger partial charge in [-0.15, -0.1) is 0 Å².